The molecule has 0 aliphatic heterocycles. The Labute approximate surface area is 68.7 Å². The third-order valence-electron chi connectivity index (χ3n) is 0.267. The molecule has 0 aromatic carbocycles. The summed E-state index contributed by atoms with van der Waals surface area (Å²) in [5.74, 6) is 0. The molecule has 0 amide bonds. The smallest absolute Gasteiger partial charge is 0.450 e. The van der Waals surface area contributed by atoms with Crippen molar-refractivity contribution in [1.29, 1.82) is 0 Å². The Balaban J connectivity index is 3.55. The Morgan fingerprint density at radius 1 is 2.00 bits per heavy atom. The normalized spacial score (nSPS) is 16.9. The average Bonchev–Trinajstić information content (AvgIpc) is 1.21. The Kier molecular flexibility index (Phi) is 3.03. The molecule has 0 aliphatic rings. The summed E-state index contributed by atoms with van der Waals surface area (Å²) < 4.78 is 3.46. The third kappa shape index (κ3) is 6.48. The number of hydrogen-bond donors (Lipinski definition) is 1. The van der Waals surface area contributed by atoms with Crippen LogP contribution in [0.1, 0.15) is 6.92 Å². The zero-order valence-electron chi connectivity index (χ0n) is 4.02. The van der Waals surface area contributed by atoms with Crippen LogP contribution in [-0.4, -0.2) is 13.8 Å². The number of rotatable bonds is 1. The minimum atomic E-state index is -1.28. The van der Waals surface area contributed by atoms with Gasteiger partial charge in [-0.15, -0.1) is 0 Å². The van der Waals surface area contributed by atoms with Crippen molar-refractivity contribution in [2.75, 3.05) is 0 Å². The fraction of sp³-hybridized carbons (Fsp3) is 0.667. The van der Waals surface area contributed by atoms with Gasteiger partial charge in [-0.1, -0.05) is 0 Å². The van der Waals surface area contributed by atoms with Crippen LogP contribution in [0.25, 0.3) is 0 Å². The van der Waals surface area contributed by atoms with Crippen molar-refractivity contribution in [2.24, 2.45) is 0 Å². The van der Waals surface area contributed by atoms with E-state index in [1.807, 2.05) is 0 Å². The van der Waals surface area contributed by atoms with Gasteiger partial charge in [-0.05, 0) is 45.4 Å². The summed E-state index contributed by atoms with van der Waals surface area (Å²) in [6.45, 7) is 1.58. The molecule has 0 saturated heterocycles. The highest BCUT2D eigenvalue weighted by atomic mass is 127. The highest BCUT2D eigenvalue weighted by Crippen LogP contribution is 2.26. The molecule has 0 aromatic rings. The van der Waals surface area contributed by atoms with Crippen LogP contribution in [0.3, 0.4) is 0 Å². The molecule has 8 heavy (non-hydrogen) atoms. The first-order valence-electron chi connectivity index (χ1n) is 1.71. The van der Waals surface area contributed by atoms with Crippen molar-refractivity contribution in [1.82, 2.24) is 0 Å². The number of ether oxygens (including phenoxy) is 1. The first kappa shape index (κ1) is 8.48. The van der Waals surface area contributed by atoms with Gasteiger partial charge in [0, 0.05) is 0 Å². The molecule has 0 spiro atoms. The standard InChI is InChI=1S/C3H4BrIO3/c1-3(4,5)8-2(6)7/h1H3,(H,6,7). The van der Waals surface area contributed by atoms with Crippen LogP contribution in [0.2, 0.25) is 0 Å². The summed E-state index contributed by atoms with van der Waals surface area (Å²) in [5, 5.41) is 7.99. The molecule has 0 aliphatic carbocycles. The fourth-order valence-electron chi connectivity index (χ4n) is 0.153. The van der Waals surface area contributed by atoms with Crippen molar-refractivity contribution < 1.29 is 14.6 Å². The molecule has 0 rings (SSSR count). The van der Waals surface area contributed by atoms with E-state index < -0.39 is 8.67 Å². The highest BCUT2D eigenvalue weighted by Gasteiger charge is 2.18. The molecule has 0 aromatic heterocycles. The predicted molar refractivity (Wildman–Crippen MR) is 40.5 cm³/mol. The van der Waals surface area contributed by atoms with Gasteiger partial charge >= 0.3 is 6.16 Å². The minimum Gasteiger partial charge on any atom is -0.450 e. The topological polar surface area (TPSA) is 46.5 Å². The molecular formula is C3H4BrIO3. The second-order valence-electron chi connectivity index (χ2n) is 1.18. The lowest BCUT2D eigenvalue weighted by molar-refractivity contribution is 0.0842. The number of halogens is 2. The maximum Gasteiger partial charge on any atom is 0.507 e. The van der Waals surface area contributed by atoms with Crippen molar-refractivity contribution in [3.8, 4) is 0 Å². The molecule has 5 heteroatoms. The van der Waals surface area contributed by atoms with Gasteiger partial charge in [-0.3, -0.25) is 0 Å². The van der Waals surface area contributed by atoms with E-state index in [0.29, 0.717) is 0 Å². The van der Waals surface area contributed by atoms with Gasteiger partial charge in [0.2, 0.25) is 2.52 Å². The first-order valence-corrected chi connectivity index (χ1v) is 3.59. The van der Waals surface area contributed by atoms with Crippen molar-refractivity contribution in [2.45, 2.75) is 9.44 Å². The molecular weight excluding hydrogens is 291 g/mol. The van der Waals surface area contributed by atoms with E-state index in [1.165, 1.54) is 0 Å². The monoisotopic (exact) mass is 294 g/mol. The van der Waals surface area contributed by atoms with Gasteiger partial charge in [0.25, 0.3) is 0 Å². The van der Waals surface area contributed by atoms with Crippen LogP contribution >= 0.6 is 38.5 Å². The predicted octanol–water partition coefficient (Wildman–Crippen LogP) is 2.18. The van der Waals surface area contributed by atoms with Crippen LogP contribution < -0.4 is 0 Å². The highest BCUT2D eigenvalue weighted by molar-refractivity contribution is 14.1. The maximum absolute atomic E-state index is 9.76. The summed E-state index contributed by atoms with van der Waals surface area (Å²) in [7, 11) is 0. The van der Waals surface area contributed by atoms with Gasteiger partial charge in [0.1, 0.15) is 0 Å². The molecule has 48 valence electrons. The largest absolute Gasteiger partial charge is 0.507 e. The Bertz CT molecular complexity index is 97.2. The lowest BCUT2D eigenvalue weighted by Gasteiger charge is -2.10. The summed E-state index contributed by atoms with van der Waals surface area (Å²) in [6.07, 6.45) is -1.28. The van der Waals surface area contributed by atoms with E-state index >= 15 is 0 Å². The number of hydrogen-bond acceptors (Lipinski definition) is 2. The van der Waals surface area contributed by atoms with E-state index in [2.05, 4.69) is 20.7 Å². The first-order chi connectivity index (χ1) is 3.42. The second kappa shape index (κ2) is 2.86. The summed E-state index contributed by atoms with van der Waals surface area (Å²) >= 11 is 4.77. The molecule has 0 fully saturated rings. The van der Waals surface area contributed by atoms with Crippen LogP contribution in [-0.2, 0) is 4.74 Å². The number of alkyl halides is 2. The minimum absolute atomic E-state index is 0.795. The number of carbonyl (C=O) groups is 1. The Morgan fingerprint density at radius 2 is 2.38 bits per heavy atom. The van der Waals surface area contributed by atoms with E-state index in [-0.39, 0.29) is 0 Å². The Morgan fingerprint density at radius 3 is 2.38 bits per heavy atom. The van der Waals surface area contributed by atoms with Gasteiger partial charge in [0.15, 0.2) is 0 Å². The van der Waals surface area contributed by atoms with E-state index in [1.54, 1.807) is 29.5 Å². The number of carboxylic acid groups (broad SMARTS) is 1. The van der Waals surface area contributed by atoms with Gasteiger partial charge in [0.05, 0.1) is 0 Å². The van der Waals surface area contributed by atoms with E-state index in [9.17, 15) is 4.79 Å². The third-order valence-corrected chi connectivity index (χ3v) is 0.649. The van der Waals surface area contributed by atoms with Crippen molar-refractivity contribution in [3.05, 3.63) is 0 Å². The summed E-state index contributed by atoms with van der Waals surface area (Å²) in [4.78, 5) is 9.76. The van der Waals surface area contributed by atoms with Gasteiger partial charge in [-0.2, -0.15) is 0 Å². The van der Waals surface area contributed by atoms with Crippen molar-refractivity contribution in [3.63, 3.8) is 0 Å². The zero-order valence-corrected chi connectivity index (χ0v) is 7.76. The van der Waals surface area contributed by atoms with E-state index in [0.717, 1.165) is 0 Å². The maximum atomic E-state index is 9.76. The van der Waals surface area contributed by atoms with E-state index in [4.69, 9.17) is 5.11 Å². The van der Waals surface area contributed by atoms with Crippen LogP contribution in [0.15, 0.2) is 0 Å². The molecule has 3 nitrogen and oxygen atoms in total. The average molecular weight is 295 g/mol. The molecule has 0 bridgehead atoms. The summed E-state index contributed by atoms with van der Waals surface area (Å²) in [5.41, 5.74) is 0. The zero-order chi connectivity index (χ0) is 6.78. The lowest BCUT2D eigenvalue weighted by atomic mass is 10.9. The molecule has 1 atom stereocenters. The molecule has 0 heterocycles. The van der Waals surface area contributed by atoms with Crippen LogP contribution in [0, 0.1) is 0 Å². The van der Waals surface area contributed by atoms with Gasteiger partial charge < -0.3 is 9.84 Å². The molecule has 1 N–H and O–H groups in total. The molecule has 0 saturated carbocycles. The van der Waals surface area contributed by atoms with Crippen LogP contribution in [0.5, 0.6) is 0 Å². The Hall–Kier alpha value is 0.480. The SMILES string of the molecule is CC(Br)(I)OC(=O)O. The quantitative estimate of drug-likeness (QED) is 0.458. The van der Waals surface area contributed by atoms with Crippen LogP contribution in [0.4, 0.5) is 4.79 Å². The van der Waals surface area contributed by atoms with Crippen molar-refractivity contribution >= 4 is 44.7 Å². The summed E-state index contributed by atoms with van der Waals surface area (Å²) in [6, 6.07) is 0. The molecule has 0 radical (unpaired) electrons. The molecule has 1 unspecified atom stereocenters. The fourth-order valence-corrected chi connectivity index (χ4v) is 0.480. The lowest BCUT2D eigenvalue weighted by Crippen LogP contribution is -2.14. The van der Waals surface area contributed by atoms with Gasteiger partial charge in [-0.25, -0.2) is 4.79 Å². The second-order valence-corrected chi connectivity index (χ2v) is 6.23.